The van der Waals surface area contributed by atoms with Crippen LogP contribution >= 0.6 is 0 Å². The van der Waals surface area contributed by atoms with Gasteiger partial charge in [0.05, 0.1) is 32.4 Å². The van der Waals surface area contributed by atoms with Gasteiger partial charge in [-0.15, -0.1) is 0 Å². The number of aryl methyl sites for hydroxylation is 2. The molecule has 1 atom stereocenters. The van der Waals surface area contributed by atoms with Gasteiger partial charge in [0.1, 0.15) is 0 Å². The number of aromatic amines is 1. The molecule has 32 heavy (non-hydrogen) atoms. The number of para-hydroxylation sites is 1. The maximum atomic E-state index is 13.0. The van der Waals surface area contributed by atoms with Crippen molar-refractivity contribution in [3.05, 3.63) is 40.7 Å². The summed E-state index contributed by atoms with van der Waals surface area (Å²) in [7, 11) is 4.98. The van der Waals surface area contributed by atoms with Crippen molar-refractivity contribution in [1.29, 1.82) is 0 Å². The number of aromatic nitrogens is 2. The molecule has 2 amide bonds. The van der Waals surface area contributed by atoms with E-state index in [-0.39, 0.29) is 18.2 Å². The lowest BCUT2D eigenvalue weighted by atomic mass is 10.0. The van der Waals surface area contributed by atoms with Gasteiger partial charge in [-0.3, -0.25) is 19.6 Å². The minimum absolute atomic E-state index is 0.0616. The normalized spacial score (nSPS) is 16.5. The van der Waals surface area contributed by atoms with E-state index in [0.717, 1.165) is 28.9 Å². The van der Waals surface area contributed by atoms with E-state index in [1.807, 2.05) is 36.9 Å². The van der Waals surface area contributed by atoms with Crippen LogP contribution in [-0.2, 0) is 22.6 Å². The summed E-state index contributed by atoms with van der Waals surface area (Å²) in [5, 5.41) is 10.1. The maximum absolute atomic E-state index is 13.0. The van der Waals surface area contributed by atoms with E-state index in [4.69, 9.17) is 9.47 Å². The molecule has 9 nitrogen and oxygen atoms in total. The van der Waals surface area contributed by atoms with E-state index in [1.165, 1.54) is 0 Å². The average Bonchev–Trinajstić information content (AvgIpc) is 3.11. The summed E-state index contributed by atoms with van der Waals surface area (Å²) < 4.78 is 10.9. The Hall–Kier alpha value is -3.07. The minimum atomic E-state index is -0.535. The Kier molecular flexibility index (Phi) is 7.74. The molecule has 3 rings (SSSR count). The Morgan fingerprint density at radius 3 is 2.72 bits per heavy atom. The van der Waals surface area contributed by atoms with Crippen LogP contribution in [0.5, 0.6) is 11.5 Å². The van der Waals surface area contributed by atoms with Gasteiger partial charge in [-0.2, -0.15) is 5.10 Å². The fraction of sp³-hybridized carbons (Fsp3) is 0.522. The minimum Gasteiger partial charge on any atom is -0.493 e. The van der Waals surface area contributed by atoms with Crippen molar-refractivity contribution in [1.82, 2.24) is 25.3 Å². The molecule has 1 fully saturated rings. The molecule has 1 unspecified atom stereocenters. The number of rotatable bonds is 9. The van der Waals surface area contributed by atoms with Gasteiger partial charge in [0.15, 0.2) is 11.5 Å². The molecule has 0 aliphatic carbocycles. The fourth-order valence-electron chi connectivity index (χ4n) is 4.14. The molecule has 9 heteroatoms. The number of carbonyl (C=O) groups is 2. The van der Waals surface area contributed by atoms with E-state index in [9.17, 15) is 9.59 Å². The van der Waals surface area contributed by atoms with Crippen LogP contribution < -0.4 is 14.8 Å². The van der Waals surface area contributed by atoms with E-state index in [2.05, 4.69) is 15.5 Å². The van der Waals surface area contributed by atoms with Crippen molar-refractivity contribution in [2.45, 2.75) is 39.3 Å². The Morgan fingerprint density at radius 1 is 1.28 bits per heavy atom. The Bertz CT molecular complexity index is 938. The summed E-state index contributed by atoms with van der Waals surface area (Å²) in [5.41, 5.74) is 4.02. The summed E-state index contributed by atoms with van der Waals surface area (Å²) >= 11 is 0. The van der Waals surface area contributed by atoms with Crippen molar-refractivity contribution in [3.8, 4) is 11.5 Å². The number of benzene rings is 1. The molecule has 2 N–H and O–H groups in total. The number of carbonyl (C=O) groups excluding carboxylic acids is 2. The van der Waals surface area contributed by atoms with Crippen LogP contribution in [0.25, 0.3) is 0 Å². The first kappa shape index (κ1) is 23.6. The summed E-state index contributed by atoms with van der Waals surface area (Å²) in [6, 6.07) is 5.15. The predicted molar refractivity (Wildman–Crippen MR) is 121 cm³/mol. The number of hydrogen-bond donors (Lipinski definition) is 2. The van der Waals surface area contributed by atoms with Gasteiger partial charge < -0.3 is 19.7 Å². The number of methoxy groups -OCH3 is 2. The number of nitrogens with zero attached hydrogens (tertiary/aromatic N) is 3. The number of hydrogen-bond acceptors (Lipinski definition) is 6. The summed E-state index contributed by atoms with van der Waals surface area (Å²) in [6.45, 7) is 6.19. The first-order valence-corrected chi connectivity index (χ1v) is 10.8. The van der Waals surface area contributed by atoms with Crippen LogP contribution in [0.1, 0.15) is 28.9 Å². The smallest absolute Gasteiger partial charge is 0.237 e. The van der Waals surface area contributed by atoms with E-state index < -0.39 is 6.04 Å². The highest BCUT2D eigenvalue weighted by Crippen LogP contribution is 2.32. The fourth-order valence-corrected chi connectivity index (χ4v) is 4.14. The van der Waals surface area contributed by atoms with Crippen LogP contribution in [0.4, 0.5) is 0 Å². The van der Waals surface area contributed by atoms with Gasteiger partial charge >= 0.3 is 0 Å². The average molecular weight is 444 g/mol. The van der Waals surface area contributed by atoms with Crippen molar-refractivity contribution < 1.29 is 19.1 Å². The third-order valence-electron chi connectivity index (χ3n) is 6.07. The van der Waals surface area contributed by atoms with Crippen LogP contribution in [0.15, 0.2) is 18.2 Å². The number of H-pyrrole nitrogens is 1. The van der Waals surface area contributed by atoms with Crippen molar-refractivity contribution >= 4 is 11.8 Å². The first-order valence-electron chi connectivity index (χ1n) is 10.8. The molecule has 0 saturated carbocycles. The summed E-state index contributed by atoms with van der Waals surface area (Å²) in [5.74, 6) is 1.10. The summed E-state index contributed by atoms with van der Waals surface area (Å²) in [4.78, 5) is 29.4. The standard InChI is InChI=1S/C23H33N5O4/c1-15-18(16(2)26-25-15)9-11-27(3)21(29)13-19-23(30)24-10-12-28(19)14-17-7-6-8-20(31-4)22(17)32-5/h6-8,19H,9-14H2,1-5H3,(H,24,30)(H,25,26). The molecule has 2 heterocycles. The molecule has 0 spiro atoms. The second-order valence-electron chi connectivity index (χ2n) is 8.11. The Morgan fingerprint density at radius 2 is 2.06 bits per heavy atom. The number of amides is 2. The third kappa shape index (κ3) is 5.21. The third-order valence-corrected chi connectivity index (χ3v) is 6.07. The van der Waals surface area contributed by atoms with Crippen LogP contribution in [0.3, 0.4) is 0 Å². The predicted octanol–water partition coefficient (Wildman–Crippen LogP) is 1.44. The lowest BCUT2D eigenvalue weighted by Crippen LogP contribution is -2.56. The highest BCUT2D eigenvalue weighted by Gasteiger charge is 2.33. The summed E-state index contributed by atoms with van der Waals surface area (Å²) in [6.07, 6.45) is 0.843. The lowest BCUT2D eigenvalue weighted by Gasteiger charge is -2.35. The highest BCUT2D eigenvalue weighted by atomic mass is 16.5. The van der Waals surface area contributed by atoms with Crippen LogP contribution in [-0.4, -0.2) is 78.8 Å². The molecular formula is C23H33N5O4. The SMILES string of the molecule is COc1cccc(CN2CCNC(=O)C2CC(=O)N(C)CCc2c(C)n[nH]c2C)c1OC. The van der Waals surface area contributed by atoms with Crippen molar-refractivity contribution in [2.75, 3.05) is 40.9 Å². The van der Waals surface area contributed by atoms with Gasteiger partial charge in [0.25, 0.3) is 0 Å². The van der Waals surface area contributed by atoms with Gasteiger partial charge in [-0.05, 0) is 31.9 Å². The number of likely N-dealkylation sites (N-methyl/N-ethyl adjacent to an activating group) is 1. The molecule has 1 saturated heterocycles. The largest absolute Gasteiger partial charge is 0.493 e. The molecule has 1 aromatic carbocycles. The molecule has 0 radical (unpaired) electrons. The van der Waals surface area contributed by atoms with Crippen LogP contribution in [0.2, 0.25) is 0 Å². The molecule has 1 aliphatic rings. The second-order valence-corrected chi connectivity index (χ2v) is 8.11. The van der Waals surface area contributed by atoms with Gasteiger partial charge in [-0.1, -0.05) is 12.1 Å². The molecule has 2 aromatic rings. The highest BCUT2D eigenvalue weighted by molar-refractivity contribution is 5.88. The van der Waals surface area contributed by atoms with Crippen molar-refractivity contribution in [3.63, 3.8) is 0 Å². The Balaban J connectivity index is 1.68. The number of ether oxygens (including phenoxy) is 2. The molecule has 174 valence electrons. The van der Waals surface area contributed by atoms with E-state index in [0.29, 0.717) is 37.7 Å². The van der Waals surface area contributed by atoms with Gasteiger partial charge in [0, 0.05) is 44.5 Å². The van der Waals surface area contributed by atoms with Crippen molar-refractivity contribution in [2.24, 2.45) is 0 Å². The number of nitrogens with one attached hydrogen (secondary N) is 2. The first-order chi connectivity index (χ1) is 15.3. The number of piperazine rings is 1. The second kappa shape index (κ2) is 10.5. The zero-order chi connectivity index (χ0) is 23.3. The van der Waals surface area contributed by atoms with E-state index >= 15 is 0 Å². The molecule has 1 aromatic heterocycles. The zero-order valence-corrected chi connectivity index (χ0v) is 19.5. The Labute approximate surface area is 189 Å². The molecule has 1 aliphatic heterocycles. The maximum Gasteiger partial charge on any atom is 0.237 e. The monoisotopic (exact) mass is 443 g/mol. The van der Waals surface area contributed by atoms with Crippen LogP contribution in [0, 0.1) is 13.8 Å². The topological polar surface area (TPSA) is 99.8 Å². The quantitative estimate of drug-likeness (QED) is 0.608. The lowest BCUT2D eigenvalue weighted by molar-refractivity contribution is -0.138. The van der Waals surface area contributed by atoms with E-state index in [1.54, 1.807) is 26.2 Å². The van der Waals surface area contributed by atoms with Gasteiger partial charge in [0.2, 0.25) is 11.8 Å². The zero-order valence-electron chi connectivity index (χ0n) is 19.5. The van der Waals surface area contributed by atoms with Gasteiger partial charge in [-0.25, -0.2) is 0 Å². The molecule has 0 bridgehead atoms. The molecular weight excluding hydrogens is 410 g/mol.